The minimum absolute atomic E-state index is 0.409. The summed E-state index contributed by atoms with van der Waals surface area (Å²) < 4.78 is 0. The second-order valence-electron chi connectivity index (χ2n) is 5.82. The summed E-state index contributed by atoms with van der Waals surface area (Å²) in [6.45, 7) is 0. The third-order valence-electron chi connectivity index (χ3n) is 4.72. The Kier molecular flexibility index (Phi) is 2.81. The van der Waals surface area contributed by atoms with Crippen molar-refractivity contribution in [3.63, 3.8) is 0 Å². The maximum absolute atomic E-state index is 4.88. The van der Waals surface area contributed by atoms with Crippen LogP contribution in [-0.4, -0.2) is 17.0 Å². The summed E-state index contributed by atoms with van der Waals surface area (Å²) in [5, 5.41) is 3.37. The number of aromatic nitrogens is 2. The van der Waals surface area contributed by atoms with E-state index in [1.54, 1.807) is 0 Å². The zero-order valence-electron chi connectivity index (χ0n) is 11.8. The Labute approximate surface area is 119 Å². The summed E-state index contributed by atoms with van der Waals surface area (Å²) in [5.74, 6) is 1.42. The highest BCUT2D eigenvalue weighted by atomic mass is 14.9. The Morgan fingerprint density at radius 3 is 2.95 bits per heavy atom. The molecule has 0 fully saturated rings. The van der Waals surface area contributed by atoms with Crippen LogP contribution in [0.25, 0.3) is 0 Å². The van der Waals surface area contributed by atoms with Crippen molar-refractivity contribution in [2.75, 3.05) is 7.05 Å². The number of aryl methyl sites for hydroxylation is 1. The zero-order chi connectivity index (χ0) is 13.5. The molecule has 20 heavy (non-hydrogen) atoms. The molecule has 0 amide bonds. The van der Waals surface area contributed by atoms with E-state index in [0.29, 0.717) is 12.0 Å². The quantitative estimate of drug-likeness (QED) is 0.907. The molecule has 0 saturated heterocycles. The molecule has 1 N–H and O–H groups in total. The van der Waals surface area contributed by atoms with Gasteiger partial charge in [0.2, 0.25) is 0 Å². The molecule has 1 aromatic carbocycles. The largest absolute Gasteiger partial charge is 0.313 e. The van der Waals surface area contributed by atoms with Gasteiger partial charge in [0.15, 0.2) is 0 Å². The second-order valence-corrected chi connectivity index (χ2v) is 5.82. The lowest BCUT2D eigenvalue weighted by atomic mass is 9.77. The van der Waals surface area contributed by atoms with Crippen LogP contribution in [0.15, 0.2) is 30.5 Å². The topological polar surface area (TPSA) is 37.8 Å². The van der Waals surface area contributed by atoms with Gasteiger partial charge in [-0.1, -0.05) is 24.3 Å². The van der Waals surface area contributed by atoms with Crippen LogP contribution in [0.5, 0.6) is 0 Å². The number of nitrogens with one attached hydrogen (secondary N) is 1. The van der Waals surface area contributed by atoms with E-state index in [9.17, 15) is 0 Å². The van der Waals surface area contributed by atoms with Crippen LogP contribution >= 0.6 is 0 Å². The van der Waals surface area contributed by atoms with E-state index < -0.39 is 0 Å². The van der Waals surface area contributed by atoms with Gasteiger partial charge in [-0.25, -0.2) is 9.97 Å². The van der Waals surface area contributed by atoms with Gasteiger partial charge in [-0.05, 0) is 43.9 Å². The van der Waals surface area contributed by atoms with Crippen LogP contribution in [0.1, 0.15) is 53.0 Å². The summed E-state index contributed by atoms with van der Waals surface area (Å²) in [4.78, 5) is 9.54. The standard InChI is InChI=1S/C17H19N3/c1-18-15-7-4-8-16-14(15)10-19-17(20-16)13-9-11-5-2-3-6-12(11)13/h2-3,5-6,10,13,15,18H,4,7-9H2,1H3. The van der Waals surface area contributed by atoms with E-state index in [1.807, 2.05) is 7.05 Å². The summed E-state index contributed by atoms with van der Waals surface area (Å²) in [7, 11) is 2.02. The molecule has 102 valence electrons. The van der Waals surface area contributed by atoms with Crippen molar-refractivity contribution in [1.82, 2.24) is 15.3 Å². The molecular formula is C17H19N3. The second kappa shape index (κ2) is 4.67. The molecule has 0 aliphatic heterocycles. The summed E-state index contributed by atoms with van der Waals surface area (Å²) >= 11 is 0. The lowest BCUT2D eigenvalue weighted by Gasteiger charge is -2.30. The molecule has 0 saturated carbocycles. The van der Waals surface area contributed by atoms with Crippen LogP contribution < -0.4 is 5.32 Å². The Hall–Kier alpha value is -1.74. The molecule has 2 aromatic rings. The van der Waals surface area contributed by atoms with Crippen molar-refractivity contribution in [3.05, 3.63) is 58.7 Å². The Morgan fingerprint density at radius 1 is 1.20 bits per heavy atom. The van der Waals surface area contributed by atoms with Gasteiger partial charge in [0.1, 0.15) is 5.82 Å². The highest BCUT2D eigenvalue weighted by Crippen LogP contribution is 2.39. The molecule has 2 aliphatic carbocycles. The number of hydrogen-bond donors (Lipinski definition) is 1. The average Bonchev–Trinajstić information content (AvgIpc) is 2.47. The number of benzene rings is 1. The van der Waals surface area contributed by atoms with Gasteiger partial charge in [0.25, 0.3) is 0 Å². The van der Waals surface area contributed by atoms with E-state index >= 15 is 0 Å². The van der Waals surface area contributed by atoms with Crippen molar-refractivity contribution in [2.24, 2.45) is 0 Å². The van der Waals surface area contributed by atoms with Crippen molar-refractivity contribution < 1.29 is 0 Å². The molecule has 1 aromatic heterocycles. The fourth-order valence-corrected chi connectivity index (χ4v) is 3.52. The third-order valence-corrected chi connectivity index (χ3v) is 4.72. The van der Waals surface area contributed by atoms with Crippen molar-refractivity contribution >= 4 is 0 Å². The van der Waals surface area contributed by atoms with E-state index in [2.05, 4.69) is 40.8 Å². The van der Waals surface area contributed by atoms with Crippen LogP contribution in [-0.2, 0) is 12.8 Å². The first-order valence-electron chi connectivity index (χ1n) is 7.47. The number of nitrogens with zero attached hydrogens (tertiary/aromatic N) is 2. The molecule has 2 aliphatic rings. The highest BCUT2D eigenvalue weighted by molar-refractivity contribution is 5.44. The molecule has 0 spiro atoms. The normalized spacial score (nSPS) is 23.6. The lowest BCUT2D eigenvalue weighted by Crippen LogP contribution is -2.25. The Bertz CT molecular complexity index is 650. The summed E-state index contributed by atoms with van der Waals surface area (Å²) in [6.07, 6.45) is 6.65. The number of rotatable bonds is 2. The van der Waals surface area contributed by atoms with Crippen molar-refractivity contribution in [2.45, 2.75) is 37.6 Å². The molecule has 4 rings (SSSR count). The molecule has 0 radical (unpaired) electrons. The smallest absolute Gasteiger partial charge is 0.136 e. The van der Waals surface area contributed by atoms with Crippen molar-refractivity contribution in [1.29, 1.82) is 0 Å². The van der Waals surface area contributed by atoms with E-state index in [1.165, 1.54) is 35.2 Å². The molecule has 3 heteroatoms. The SMILES string of the molecule is CNC1CCCc2nc(C3Cc4ccccc43)ncc21. The van der Waals surface area contributed by atoms with Gasteiger partial charge in [-0.2, -0.15) is 0 Å². The van der Waals surface area contributed by atoms with Gasteiger partial charge in [-0.15, -0.1) is 0 Å². The fourth-order valence-electron chi connectivity index (χ4n) is 3.52. The van der Waals surface area contributed by atoms with Gasteiger partial charge in [0, 0.05) is 29.4 Å². The Morgan fingerprint density at radius 2 is 2.10 bits per heavy atom. The molecular weight excluding hydrogens is 246 g/mol. The van der Waals surface area contributed by atoms with Crippen LogP contribution in [0, 0.1) is 0 Å². The third kappa shape index (κ3) is 1.77. The molecule has 2 atom stereocenters. The van der Waals surface area contributed by atoms with Crippen molar-refractivity contribution in [3.8, 4) is 0 Å². The summed E-state index contributed by atoms with van der Waals surface area (Å²) in [5.41, 5.74) is 5.42. The summed E-state index contributed by atoms with van der Waals surface area (Å²) in [6, 6.07) is 9.08. The van der Waals surface area contributed by atoms with Gasteiger partial charge < -0.3 is 5.32 Å². The van der Waals surface area contributed by atoms with Gasteiger partial charge >= 0.3 is 0 Å². The van der Waals surface area contributed by atoms with Gasteiger partial charge in [-0.3, -0.25) is 0 Å². The first kappa shape index (κ1) is 12.0. The predicted molar refractivity (Wildman–Crippen MR) is 78.8 cm³/mol. The van der Waals surface area contributed by atoms with E-state index in [4.69, 9.17) is 4.98 Å². The minimum Gasteiger partial charge on any atom is -0.313 e. The first-order valence-corrected chi connectivity index (χ1v) is 7.47. The lowest BCUT2D eigenvalue weighted by molar-refractivity contribution is 0.483. The average molecular weight is 265 g/mol. The zero-order valence-corrected chi connectivity index (χ0v) is 11.8. The monoisotopic (exact) mass is 265 g/mol. The van der Waals surface area contributed by atoms with Crippen LogP contribution in [0.3, 0.4) is 0 Å². The number of hydrogen-bond acceptors (Lipinski definition) is 3. The first-order chi connectivity index (χ1) is 9.86. The predicted octanol–water partition coefficient (Wildman–Crippen LogP) is 2.76. The fraction of sp³-hybridized carbons (Fsp3) is 0.412. The highest BCUT2D eigenvalue weighted by Gasteiger charge is 2.30. The van der Waals surface area contributed by atoms with Crippen LogP contribution in [0.2, 0.25) is 0 Å². The molecule has 2 unspecified atom stereocenters. The number of fused-ring (bicyclic) bond motifs is 2. The van der Waals surface area contributed by atoms with Gasteiger partial charge in [0.05, 0.1) is 0 Å². The molecule has 0 bridgehead atoms. The van der Waals surface area contributed by atoms with E-state index in [-0.39, 0.29) is 0 Å². The van der Waals surface area contributed by atoms with E-state index in [0.717, 1.165) is 18.7 Å². The molecule has 3 nitrogen and oxygen atoms in total. The maximum atomic E-state index is 4.88. The van der Waals surface area contributed by atoms with Crippen LogP contribution in [0.4, 0.5) is 0 Å². The minimum atomic E-state index is 0.409. The maximum Gasteiger partial charge on any atom is 0.136 e. The molecule has 1 heterocycles. The Balaban J connectivity index is 1.69.